The summed E-state index contributed by atoms with van der Waals surface area (Å²) in [6, 6.07) is 9.07. The number of halogens is 4. The Morgan fingerprint density at radius 1 is 1.13 bits per heavy atom. The average Bonchev–Trinajstić information content (AvgIpc) is 3.11. The summed E-state index contributed by atoms with van der Waals surface area (Å²) in [7, 11) is 0. The van der Waals surface area contributed by atoms with E-state index in [0.29, 0.717) is 11.3 Å². The minimum Gasteiger partial charge on any atom is -0.489 e. The van der Waals surface area contributed by atoms with Crippen molar-refractivity contribution in [3.63, 3.8) is 0 Å². The Kier molecular flexibility index (Phi) is 5.11. The minimum atomic E-state index is -4.51. The smallest absolute Gasteiger partial charge is 0.416 e. The Bertz CT molecular complexity index is 1120. The quantitative estimate of drug-likeness (QED) is 0.630. The number of rotatable bonds is 4. The number of hydrogen-bond donors (Lipinski definition) is 1. The summed E-state index contributed by atoms with van der Waals surface area (Å²) in [5.41, 5.74) is 0.556. The van der Waals surface area contributed by atoms with Crippen molar-refractivity contribution in [1.29, 1.82) is 0 Å². The van der Waals surface area contributed by atoms with Crippen molar-refractivity contribution in [1.82, 2.24) is 10.2 Å². The fourth-order valence-corrected chi connectivity index (χ4v) is 3.40. The highest BCUT2D eigenvalue weighted by Gasteiger charge is 2.33. The third-order valence-corrected chi connectivity index (χ3v) is 4.86. The Balaban J connectivity index is 1.56. The van der Waals surface area contributed by atoms with E-state index in [9.17, 15) is 22.4 Å². The van der Waals surface area contributed by atoms with Gasteiger partial charge in [0, 0.05) is 29.5 Å². The fraction of sp³-hybridized carbons (Fsp3) is 0.190. The Morgan fingerprint density at radius 2 is 1.93 bits per heavy atom. The van der Waals surface area contributed by atoms with Crippen LogP contribution >= 0.6 is 0 Å². The van der Waals surface area contributed by atoms with Crippen LogP contribution < -0.4 is 4.74 Å². The van der Waals surface area contributed by atoms with Gasteiger partial charge >= 0.3 is 6.18 Å². The van der Waals surface area contributed by atoms with Gasteiger partial charge in [-0.25, -0.2) is 9.38 Å². The molecular weight excluding hydrogens is 402 g/mol. The number of benzene rings is 2. The molecule has 1 aliphatic rings. The number of nitrogens with zero attached hydrogens (tertiary/aromatic N) is 2. The highest BCUT2D eigenvalue weighted by molar-refractivity contribution is 5.94. The summed E-state index contributed by atoms with van der Waals surface area (Å²) in [6.45, 7) is -0.365. The first kappa shape index (κ1) is 19.8. The van der Waals surface area contributed by atoms with E-state index in [-0.39, 0.29) is 29.9 Å². The lowest BCUT2D eigenvalue weighted by Crippen LogP contribution is -2.11. The normalized spacial score (nSPS) is 16.3. The van der Waals surface area contributed by atoms with Crippen LogP contribution in [0.2, 0.25) is 0 Å². The largest absolute Gasteiger partial charge is 0.489 e. The predicted molar refractivity (Wildman–Crippen MR) is 99.8 cm³/mol. The van der Waals surface area contributed by atoms with Crippen LogP contribution in [0.4, 0.5) is 17.6 Å². The van der Waals surface area contributed by atoms with Crippen molar-refractivity contribution in [3.05, 3.63) is 82.4 Å². The summed E-state index contributed by atoms with van der Waals surface area (Å²) >= 11 is 0. The van der Waals surface area contributed by atoms with Gasteiger partial charge < -0.3 is 4.74 Å². The van der Waals surface area contributed by atoms with Crippen molar-refractivity contribution < 1.29 is 27.1 Å². The Hall–Kier alpha value is -3.49. The van der Waals surface area contributed by atoms with Gasteiger partial charge in [0.25, 0.3) is 0 Å². The summed E-state index contributed by atoms with van der Waals surface area (Å²) in [6.07, 6.45) is -1.66. The molecule has 1 atom stereocenters. The van der Waals surface area contributed by atoms with Gasteiger partial charge in [-0.3, -0.25) is 9.89 Å². The molecule has 0 saturated heterocycles. The lowest BCUT2D eigenvalue weighted by molar-refractivity contribution is -0.138. The lowest BCUT2D eigenvalue weighted by Gasteiger charge is -2.17. The molecular formula is C21H15F4N3O2. The molecule has 0 fully saturated rings. The summed E-state index contributed by atoms with van der Waals surface area (Å²) in [5, 5.41) is 6.63. The summed E-state index contributed by atoms with van der Waals surface area (Å²) in [5.74, 6) is -1.54. The molecule has 1 aromatic heterocycles. The highest BCUT2D eigenvalue weighted by atomic mass is 19.4. The molecule has 0 aliphatic carbocycles. The molecule has 154 valence electrons. The average molecular weight is 417 g/mol. The van der Waals surface area contributed by atoms with Crippen molar-refractivity contribution in [2.24, 2.45) is 4.99 Å². The van der Waals surface area contributed by atoms with Gasteiger partial charge in [-0.15, -0.1) is 0 Å². The second kappa shape index (κ2) is 7.74. The van der Waals surface area contributed by atoms with Crippen molar-refractivity contribution >= 4 is 12.1 Å². The van der Waals surface area contributed by atoms with Gasteiger partial charge in [0.2, 0.25) is 5.91 Å². The van der Waals surface area contributed by atoms with E-state index in [1.54, 1.807) is 0 Å². The Labute approximate surface area is 168 Å². The lowest BCUT2D eigenvalue weighted by atomic mass is 9.88. The minimum absolute atomic E-state index is 0.0287. The molecule has 1 unspecified atom stereocenters. The zero-order valence-corrected chi connectivity index (χ0v) is 15.4. The first-order valence-electron chi connectivity index (χ1n) is 9.00. The maximum absolute atomic E-state index is 14.8. The third-order valence-electron chi connectivity index (χ3n) is 4.86. The number of carbonyl (C=O) groups excluding carboxylic acids is 1. The van der Waals surface area contributed by atoms with Crippen LogP contribution in [0.1, 0.15) is 40.3 Å². The van der Waals surface area contributed by atoms with Gasteiger partial charge in [-0.1, -0.05) is 24.3 Å². The number of aliphatic imine (C=N–C) groups is 1. The highest BCUT2D eigenvalue weighted by Crippen LogP contribution is 2.35. The van der Waals surface area contributed by atoms with Crippen LogP contribution in [-0.2, 0) is 17.6 Å². The second-order valence-electron chi connectivity index (χ2n) is 6.77. The van der Waals surface area contributed by atoms with E-state index in [1.165, 1.54) is 42.7 Å². The first-order valence-corrected chi connectivity index (χ1v) is 9.00. The van der Waals surface area contributed by atoms with Crippen LogP contribution in [0, 0.1) is 5.82 Å². The molecule has 1 N–H and O–H groups in total. The van der Waals surface area contributed by atoms with E-state index in [4.69, 9.17) is 4.74 Å². The van der Waals surface area contributed by atoms with Gasteiger partial charge in [0.1, 0.15) is 18.2 Å². The molecule has 3 aromatic rings. The number of alkyl halides is 3. The first-order chi connectivity index (χ1) is 14.3. The number of ether oxygens (including phenoxy) is 1. The molecule has 9 heteroatoms. The van der Waals surface area contributed by atoms with E-state index in [0.717, 1.165) is 12.1 Å². The number of carbonyl (C=O) groups is 1. The van der Waals surface area contributed by atoms with Crippen LogP contribution in [-0.4, -0.2) is 22.3 Å². The Morgan fingerprint density at radius 3 is 2.70 bits per heavy atom. The third kappa shape index (κ3) is 3.96. The van der Waals surface area contributed by atoms with Gasteiger partial charge in [-0.05, 0) is 17.7 Å². The van der Waals surface area contributed by atoms with Crippen molar-refractivity contribution in [3.8, 4) is 5.75 Å². The fourth-order valence-electron chi connectivity index (χ4n) is 3.40. The number of hydrogen-bond acceptors (Lipinski definition) is 3. The molecule has 30 heavy (non-hydrogen) atoms. The topological polar surface area (TPSA) is 67.3 Å². The van der Waals surface area contributed by atoms with Crippen LogP contribution in [0.25, 0.3) is 0 Å². The molecule has 1 aliphatic heterocycles. The predicted octanol–water partition coefficient (Wildman–Crippen LogP) is 4.63. The number of aromatic amines is 1. The summed E-state index contributed by atoms with van der Waals surface area (Å²) in [4.78, 5) is 15.7. The molecule has 0 spiro atoms. The maximum atomic E-state index is 14.8. The molecule has 5 nitrogen and oxygen atoms in total. The van der Waals surface area contributed by atoms with Crippen molar-refractivity contribution in [2.45, 2.75) is 25.1 Å². The van der Waals surface area contributed by atoms with E-state index in [2.05, 4.69) is 15.2 Å². The zero-order chi connectivity index (χ0) is 21.3. The van der Waals surface area contributed by atoms with Gasteiger partial charge in [0.15, 0.2) is 0 Å². The second-order valence-corrected chi connectivity index (χ2v) is 6.77. The van der Waals surface area contributed by atoms with Crippen LogP contribution in [0.5, 0.6) is 5.75 Å². The number of H-pyrrole nitrogens is 1. The molecule has 1 amide bonds. The molecule has 0 saturated carbocycles. The molecule has 2 aromatic carbocycles. The van der Waals surface area contributed by atoms with E-state index < -0.39 is 29.4 Å². The number of aromatic nitrogens is 2. The van der Waals surface area contributed by atoms with Crippen LogP contribution in [0.15, 0.2) is 53.7 Å². The maximum Gasteiger partial charge on any atom is 0.416 e. The van der Waals surface area contributed by atoms with Gasteiger partial charge in [0.05, 0.1) is 23.7 Å². The summed E-state index contributed by atoms with van der Waals surface area (Å²) < 4.78 is 59.5. The number of fused-ring (bicyclic) bond motifs is 1. The standard InChI is InChI=1S/C21H15F4N3O2/c22-18-7-13(30-11-12-3-1-2-4-17(12)21(23,24)25)5-6-14(18)15-8-20(29)26-10-19-16(15)9-27-28-19/h1-7,9-10,15H,8,11H2,(H,27,28). The molecule has 2 heterocycles. The molecule has 4 rings (SSSR count). The molecule has 0 radical (unpaired) electrons. The molecule has 0 bridgehead atoms. The zero-order valence-electron chi connectivity index (χ0n) is 15.4. The number of amides is 1. The SMILES string of the molecule is O=C1CC(c2ccc(OCc3ccccc3C(F)(F)F)cc2F)c2cn[nH]c2C=N1. The van der Waals surface area contributed by atoms with E-state index >= 15 is 0 Å². The number of nitrogens with one attached hydrogen (secondary N) is 1. The van der Waals surface area contributed by atoms with Gasteiger partial charge in [-0.2, -0.15) is 18.3 Å². The van der Waals surface area contributed by atoms with E-state index in [1.807, 2.05) is 0 Å². The monoisotopic (exact) mass is 417 g/mol. The van der Waals surface area contributed by atoms with Crippen LogP contribution in [0.3, 0.4) is 0 Å². The van der Waals surface area contributed by atoms with Crippen molar-refractivity contribution in [2.75, 3.05) is 0 Å².